The van der Waals surface area contributed by atoms with Crippen molar-refractivity contribution >= 4 is 33.7 Å². The van der Waals surface area contributed by atoms with E-state index >= 15 is 0 Å². The summed E-state index contributed by atoms with van der Waals surface area (Å²) >= 11 is 5.96. The molecule has 6 nitrogen and oxygen atoms in total. The summed E-state index contributed by atoms with van der Waals surface area (Å²) in [5, 5.41) is 8.51. The Morgan fingerprint density at radius 2 is 2.05 bits per heavy atom. The zero-order valence-corrected chi connectivity index (χ0v) is 11.5. The lowest BCUT2D eigenvalue weighted by molar-refractivity contribution is 0.0624. The highest BCUT2D eigenvalue weighted by molar-refractivity contribution is 6.31. The SMILES string of the molecule is Clc1ccc2nnn(OCc3nc4ccccc4o3)c2c1. The molecule has 0 N–H and O–H groups in total. The van der Waals surface area contributed by atoms with Crippen molar-refractivity contribution in [1.82, 2.24) is 20.1 Å². The molecule has 104 valence electrons. The van der Waals surface area contributed by atoms with Crippen molar-refractivity contribution in [2.75, 3.05) is 0 Å². The van der Waals surface area contributed by atoms with E-state index in [2.05, 4.69) is 15.3 Å². The predicted molar refractivity (Wildman–Crippen MR) is 76.8 cm³/mol. The third-order valence-corrected chi connectivity index (χ3v) is 3.26. The predicted octanol–water partition coefficient (Wildman–Crippen LogP) is 2.85. The quantitative estimate of drug-likeness (QED) is 0.582. The summed E-state index contributed by atoms with van der Waals surface area (Å²) in [7, 11) is 0. The fraction of sp³-hybridized carbons (Fsp3) is 0.0714. The van der Waals surface area contributed by atoms with Gasteiger partial charge in [-0.3, -0.25) is 0 Å². The van der Waals surface area contributed by atoms with Crippen LogP contribution in [0.25, 0.3) is 22.1 Å². The second-order valence-electron chi connectivity index (χ2n) is 4.44. The number of benzene rings is 2. The van der Waals surface area contributed by atoms with Gasteiger partial charge in [0.15, 0.2) is 12.2 Å². The number of oxazole rings is 1. The Morgan fingerprint density at radius 3 is 2.95 bits per heavy atom. The molecule has 0 aliphatic heterocycles. The summed E-state index contributed by atoms with van der Waals surface area (Å²) in [6.07, 6.45) is 0. The molecule has 0 spiro atoms. The second-order valence-corrected chi connectivity index (χ2v) is 4.88. The van der Waals surface area contributed by atoms with Crippen molar-refractivity contribution in [3.63, 3.8) is 0 Å². The van der Waals surface area contributed by atoms with Crippen LogP contribution in [0.1, 0.15) is 5.89 Å². The van der Waals surface area contributed by atoms with Gasteiger partial charge < -0.3 is 9.25 Å². The fourth-order valence-electron chi connectivity index (χ4n) is 2.06. The van der Waals surface area contributed by atoms with Gasteiger partial charge >= 0.3 is 0 Å². The summed E-state index contributed by atoms with van der Waals surface area (Å²) < 4.78 is 5.58. The maximum Gasteiger partial charge on any atom is 0.236 e. The topological polar surface area (TPSA) is 66.0 Å². The van der Waals surface area contributed by atoms with Crippen molar-refractivity contribution in [2.45, 2.75) is 6.61 Å². The van der Waals surface area contributed by atoms with Gasteiger partial charge in [0.25, 0.3) is 0 Å². The third-order valence-electron chi connectivity index (χ3n) is 3.03. The number of aromatic nitrogens is 4. The number of nitrogens with zero attached hydrogens (tertiary/aromatic N) is 4. The van der Waals surface area contributed by atoms with Crippen LogP contribution in [0.15, 0.2) is 46.9 Å². The van der Waals surface area contributed by atoms with Crippen LogP contribution in [0.4, 0.5) is 0 Å². The molecule has 2 heterocycles. The van der Waals surface area contributed by atoms with Gasteiger partial charge in [0.2, 0.25) is 5.89 Å². The Balaban J connectivity index is 1.61. The minimum atomic E-state index is 0.152. The van der Waals surface area contributed by atoms with E-state index in [0.717, 1.165) is 11.1 Å². The molecular formula is C14H9ClN4O2. The Bertz CT molecular complexity index is 898. The van der Waals surface area contributed by atoms with E-state index in [1.54, 1.807) is 18.2 Å². The number of hydrogen-bond donors (Lipinski definition) is 0. The molecule has 2 aromatic heterocycles. The smallest absolute Gasteiger partial charge is 0.236 e. The molecule has 0 fully saturated rings. The molecule has 7 heteroatoms. The molecule has 0 unspecified atom stereocenters. The van der Waals surface area contributed by atoms with Gasteiger partial charge in [-0.15, -0.1) is 5.10 Å². The molecule has 0 atom stereocenters. The van der Waals surface area contributed by atoms with E-state index in [1.165, 1.54) is 4.85 Å². The summed E-state index contributed by atoms with van der Waals surface area (Å²) in [4.78, 5) is 11.2. The molecule has 21 heavy (non-hydrogen) atoms. The minimum absolute atomic E-state index is 0.152. The highest BCUT2D eigenvalue weighted by Crippen LogP contribution is 2.17. The van der Waals surface area contributed by atoms with Crippen molar-refractivity contribution in [3.05, 3.63) is 53.4 Å². The summed E-state index contributed by atoms with van der Waals surface area (Å²) in [5.74, 6) is 0.474. The van der Waals surface area contributed by atoms with Crippen LogP contribution in [-0.2, 0) is 6.61 Å². The van der Waals surface area contributed by atoms with Gasteiger partial charge in [-0.25, -0.2) is 4.98 Å². The Morgan fingerprint density at radius 1 is 1.14 bits per heavy atom. The molecular weight excluding hydrogens is 292 g/mol. The van der Waals surface area contributed by atoms with Gasteiger partial charge in [0.1, 0.15) is 16.6 Å². The van der Waals surface area contributed by atoms with Crippen LogP contribution >= 0.6 is 11.6 Å². The minimum Gasteiger partial charge on any atom is -0.437 e. The standard InChI is InChI=1S/C14H9ClN4O2/c15-9-5-6-10-12(7-9)19(18-17-10)20-8-14-16-11-3-1-2-4-13(11)21-14/h1-7H,8H2. The van der Waals surface area contributed by atoms with Crippen LogP contribution < -0.4 is 4.84 Å². The number of hydrogen-bond acceptors (Lipinski definition) is 5. The summed E-state index contributed by atoms with van der Waals surface area (Å²) in [6, 6.07) is 12.8. The van der Waals surface area contributed by atoms with E-state index in [-0.39, 0.29) is 6.61 Å². The zero-order valence-electron chi connectivity index (χ0n) is 10.7. The molecule has 0 aliphatic carbocycles. The average molecular weight is 301 g/mol. The summed E-state index contributed by atoms with van der Waals surface area (Å²) in [6.45, 7) is 0.152. The highest BCUT2D eigenvalue weighted by atomic mass is 35.5. The first kappa shape index (κ1) is 12.2. The molecule has 0 saturated heterocycles. The van der Waals surface area contributed by atoms with Crippen LogP contribution in [0.5, 0.6) is 0 Å². The lowest BCUT2D eigenvalue weighted by atomic mass is 10.3. The van der Waals surface area contributed by atoms with Gasteiger partial charge in [0.05, 0.1) is 0 Å². The normalized spacial score (nSPS) is 11.3. The van der Waals surface area contributed by atoms with Crippen molar-refractivity contribution in [3.8, 4) is 0 Å². The van der Waals surface area contributed by atoms with Crippen molar-refractivity contribution in [1.29, 1.82) is 0 Å². The Kier molecular flexibility index (Phi) is 2.75. The lowest BCUT2D eigenvalue weighted by Gasteiger charge is -2.02. The molecule has 0 amide bonds. The van der Waals surface area contributed by atoms with Gasteiger partial charge in [-0.05, 0) is 35.5 Å². The van der Waals surface area contributed by atoms with Crippen LogP contribution in [0.3, 0.4) is 0 Å². The first-order chi connectivity index (χ1) is 10.3. The van der Waals surface area contributed by atoms with Crippen LogP contribution in [0.2, 0.25) is 5.02 Å². The highest BCUT2D eigenvalue weighted by Gasteiger charge is 2.09. The number of fused-ring (bicyclic) bond motifs is 2. The van der Waals surface area contributed by atoms with Gasteiger partial charge in [-0.1, -0.05) is 28.6 Å². The number of para-hydroxylation sites is 2. The Hall–Kier alpha value is -2.60. The maximum atomic E-state index is 5.96. The number of rotatable bonds is 3. The van der Waals surface area contributed by atoms with E-state index in [4.69, 9.17) is 20.9 Å². The third kappa shape index (κ3) is 2.19. The Labute approximate surface area is 123 Å². The molecule has 0 bridgehead atoms. The number of halogens is 1. The van der Waals surface area contributed by atoms with E-state index < -0.39 is 0 Å². The average Bonchev–Trinajstić information content (AvgIpc) is 3.07. The molecule has 2 aromatic carbocycles. The molecule has 4 rings (SSSR count). The molecule has 0 saturated carbocycles. The van der Waals surface area contributed by atoms with Crippen molar-refractivity contribution in [2.24, 2.45) is 0 Å². The summed E-state index contributed by atoms with van der Waals surface area (Å²) in [5.41, 5.74) is 2.92. The van der Waals surface area contributed by atoms with Gasteiger partial charge in [-0.2, -0.15) is 0 Å². The molecule has 0 aliphatic rings. The first-order valence-electron chi connectivity index (χ1n) is 6.28. The lowest BCUT2D eigenvalue weighted by Crippen LogP contribution is -2.12. The fourth-order valence-corrected chi connectivity index (χ4v) is 2.23. The monoisotopic (exact) mass is 300 g/mol. The van der Waals surface area contributed by atoms with Crippen LogP contribution in [-0.4, -0.2) is 20.1 Å². The van der Waals surface area contributed by atoms with Crippen molar-refractivity contribution < 1.29 is 9.25 Å². The first-order valence-corrected chi connectivity index (χ1v) is 6.66. The molecule has 4 aromatic rings. The van der Waals surface area contributed by atoms with E-state index in [9.17, 15) is 0 Å². The second kappa shape index (κ2) is 4.75. The van der Waals surface area contributed by atoms with Gasteiger partial charge in [0, 0.05) is 5.02 Å². The zero-order chi connectivity index (χ0) is 14.2. The largest absolute Gasteiger partial charge is 0.437 e. The van der Waals surface area contributed by atoms with E-state index in [0.29, 0.717) is 21.9 Å². The maximum absolute atomic E-state index is 5.96. The molecule has 0 radical (unpaired) electrons. The van der Waals surface area contributed by atoms with E-state index in [1.807, 2.05) is 24.3 Å². The van der Waals surface area contributed by atoms with Crippen LogP contribution in [0, 0.1) is 0 Å².